The van der Waals surface area contributed by atoms with Crippen molar-refractivity contribution in [2.75, 3.05) is 0 Å². The fourth-order valence-corrected chi connectivity index (χ4v) is 1.49. The number of aryl methyl sites for hydroxylation is 1. The molecular formula is C13H16N2O4. The molecule has 0 radical (unpaired) electrons. The molecular weight excluding hydrogens is 248 g/mol. The lowest BCUT2D eigenvalue weighted by Crippen LogP contribution is -2.41. The number of hydrogen-bond acceptors (Lipinski definition) is 3. The van der Waals surface area contributed by atoms with Crippen molar-refractivity contribution in [2.45, 2.75) is 25.8 Å². The number of primary amides is 1. The number of carbonyl (C=O) groups excluding carboxylic acids is 2. The molecule has 4 N–H and O–H groups in total. The number of carboxylic acid groups (broad SMARTS) is 1. The average Bonchev–Trinajstić information content (AvgIpc) is 2.34. The quantitative estimate of drug-likeness (QED) is 0.692. The maximum atomic E-state index is 11.8. The lowest BCUT2D eigenvalue weighted by atomic mass is 10.1. The summed E-state index contributed by atoms with van der Waals surface area (Å²) in [4.78, 5) is 33.4. The maximum Gasteiger partial charge on any atom is 0.326 e. The van der Waals surface area contributed by atoms with E-state index in [-0.39, 0.29) is 12.8 Å². The van der Waals surface area contributed by atoms with Gasteiger partial charge in [0.15, 0.2) is 0 Å². The number of rotatable bonds is 6. The Hall–Kier alpha value is -2.37. The van der Waals surface area contributed by atoms with Crippen molar-refractivity contribution in [2.24, 2.45) is 5.73 Å². The lowest BCUT2D eigenvalue weighted by Gasteiger charge is -2.13. The van der Waals surface area contributed by atoms with Gasteiger partial charge in [0.25, 0.3) is 5.91 Å². The fourth-order valence-electron chi connectivity index (χ4n) is 1.49. The summed E-state index contributed by atoms with van der Waals surface area (Å²) in [5, 5.41) is 11.3. The van der Waals surface area contributed by atoms with E-state index in [4.69, 9.17) is 10.8 Å². The van der Waals surface area contributed by atoms with Crippen LogP contribution in [-0.2, 0) is 9.59 Å². The zero-order chi connectivity index (χ0) is 14.4. The van der Waals surface area contributed by atoms with Crippen LogP contribution in [0.3, 0.4) is 0 Å². The largest absolute Gasteiger partial charge is 0.480 e. The number of carboxylic acids is 1. The van der Waals surface area contributed by atoms with Gasteiger partial charge in [-0.3, -0.25) is 9.59 Å². The molecule has 0 aliphatic rings. The molecule has 6 nitrogen and oxygen atoms in total. The highest BCUT2D eigenvalue weighted by molar-refractivity contribution is 5.96. The highest BCUT2D eigenvalue weighted by atomic mass is 16.4. The minimum Gasteiger partial charge on any atom is -0.480 e. The van der Waals surface area contributed by atoms with Crippen molar-refractivity contribution in [1.82, 2.24) is 5.32 Å². The third kappa shape index (κ3) is 4.79. The molecule has 0 heterocycles. The Morgan fingerprint density at radius 1 is 1.26 bits per heavy atom. The van der Waals surface area contributed by atoms with Crippen LogP contribution >= 0.6 is 0 Å². The summed E-state index contributed by atoms with van der Waals surface area (Å²) < 4.78 is 0. The molecule has 0 saturated heterocycles. The van der Waals surface area contributed by atoms with Crippen molar-refractivity contribution >= 4 is 17.8 Å². The first-order chi connectivity index (χ1) is 8.90. The summed E-state index contributed by atoms with van der Waals surface area (Å²) in [7, 11) is 0. The number of nitrogens with two attached hydrogens (primary N) is 1. The number of carbonyl (C=O) groups is 3. The molecule has 0 aliphatic carbocycles. The van der Waals surface area contributed by atoms with E-state index in [1.807, 2.05) is 6.92 Å². The first-order valence-electron chi connectivity index (χ1n) is 5.79. The molecule has 2 amide bonds. The van der Waals surface area contributed by atoms with Crippen LogP contribution in [0.1, 0.15) is 28.8 Å². The highest BCUT2D eigenvalue weighted by Gasteiger charge is 2.21. The van der Waals surface area contributed by atoms with Crippen LogP contribution in [0.5, 0.6) is 0 Å². The third-order valence-electron chi connectivity index (χ3n) is 2.60. The predicted molar refractivity (Wildman–Crippen MR) is 68.5 cm³/mol. The first kappa shape index (κ1) is 14.7. The third-order valence-corrected chi connectivity index (χ3v) is 2.60. The van der Waals surface area contributed by atoms with E-state index in [0.717, 1.165) is 5.56 Å². The Kier molecular flexibility index (Phi) is 5.05. The van der Waals surface area contributed by atoms with Gasteiger partial charge in [0, 0.05) is 12.0 Å². The van der Waals surface area contributed by atoms with Gasteiger partial charge in [0.2, 0.25) is 5.91 Å². The Balaban J connectivity index is 2.68. The molecule has 0 spiro atoms. The molecule has 1 atom stereocenters. The molecule has 0 aromatic heterocycles. The SMILES string of the molecule is Cc1ccc(C(=O)N[C@@H](CCC(N)=O)C(=O)O)cc1. The zero-order valence-electron chi connectivity index (χ0n) is 10.6. The van der Waals surface area contributed by atoms with Crippen LogP contribution in [0.25, 0.3) is 0 Å². The number of nitrogens with one attached hydrogen (secondary N) is 1. The van der Waals surface area contributed by atoms with Crippen LogP contribution < -0.4 is 11.1 Å². The van der Waals surface area contributed by atoms with E-state index in [1.165, 1.54) is 0 Å². The molecule has 0 bridgehead atoms. The van der Waals surface area contributed by atoms with Crippen LogP contribution in [0.4, 0.5) is 0 Å². The lowest BCUT2D eigenvalue weighted by molar-refractivity contribution is -0.139. The second-order valence-electron chi connectivity index (χ2n) is 4.24. The summed E-state index contributed by atoms with van der Waals surface area (Å²) >= 11 is 0. The summed E-state index contributed by atoms with van der Waals surface area (Å²) in [6, 6.07) is 5.61. The Bertz CT molecular complexity index is 482. The molecule has 0 aliphatic heterocycles. The topological polar surface area (TPSA) is 109 Å². The Labute approximate surface area is 110 Å². The Morgan fingerprint density at radius 3 is 2.32 bits per heavy atom. The van der Waals surface area contributed by atoms with Gasteiger partial charge in [-0.05, 0) is 25.5 Å². The average molecular weight is 264 g/mol. The van der Waals surface area contributed by atoms with Crippen LogP contribution in [0, 0.1) is 6.92 Å². The number of aliphatic carboxylic acids is 1. The van der Waals surface area contributed by atoms with E-state index < -0.39 is 23.8 Å². The normalized spacial score (nSPS) is 11.6. The molecule has 6 heteroatoms. The van der Waals surface area contributed by atoms with Gasteiger partial charge in [0.05, 0.1) is 0 Å². The standard InChI is InChI=1S/C13H16N2O4/c1-8-2-4-9(5-3-8)12(17)15-10(13(18)19)6-7-11(14)16/h2-5,10H,6-7H2,1H3,(H2,14,16)(H,15,17)(H,18,19)/t10-/m0/s1. The molecule has 102 valence electrons. The summed E-state index contributed by atoms with van der Waals surface area (Å²) in [5.41, 5.74) is 6.33. The minimum atomic E-state index is -1.19. The van der Waals surface area contributed by atoms with E-state index >= 15 is 0 Å². The van der Waals surface area contributed by atoms with Crippen molar-refractivity contribution in [3.8, 4) is 0 Å². The number of benzene rings is 1. The molecule has 0 unspecified atom stereocenters. The van der Waals surface area contributed by atoms with Crippen LogP contribution in [-0.4, -0.2) is 28.9 Å². The van der Waals surface area contributed by atoms with Crippen molar-refractivity contribution in [3.63, 3.8) is 0 Å². The molecule has 0 saturated carbocycles. The molecule has 1 rings (SSSR count). The number of hydrogen-bond donors (Lipinski definition) is 3. The smallest absolute Gasteiger partial charge is 0.326 e. The van der Waals surface area contributed by atoms with Gasteiger partial charge in [-0.2, -0.15) is 0 Å². The van der Waals surface area contributed by atoms with Gasteiger partial charge in [-0.25, -0.2) is 4.79 Å². The molecule has 0 fully saturated rings. The summed E-state index contributed by atoms with van der Waals surface area (Å²) in [6.45, 7) is 1.88. The summed E-state index contributed by atoms with van der Waals surface area (Å²) in [5.74, 6) is -2.28. The van der Waals surface area contributed by atoms with Crippen molar-refractivity contribution in [3.05, 3.63) is 35.4 Å². The first-order valence-corrected chi connectivity index (χ1v) is 5.79. The van der Waals surface area contributed by atoms with E-state index in [2.05, 4.69) is 5.32 Å². The van der Waals surface area contributed by atoms with Crippen molar-refractivity contribution < 1.29 is 19.5 Å². The minimum absolute atomic E-state index is 0.0255. The van der Waals surface area contributed by atoms with Gasteiger partial charge in [-0.1, -0.05) is 17.7 Å². The predicted octanol–water partition coefficient (Wildman–Crippen LogP) is 0.444. The van der Waals surface area contributed by atoms with E-state index in [9.17, 15) is 14.4 Å². The van der Waals surface area contributed by atoms with Gasteiger partial charge in [0.1, 0.15) is 6.04 Å². The fraction of sp³-hybridized carbons (Fsp3) is 0.308. The van der Waals surface area contributed by atoms with Gasteiger partial charge < -0.3 is 16.2 Å². The van der Waals surface area contributed by atoms with Crippen molar-refractivity contribution in [1.29, 1.82) is 0 Å². The maximum absolute atomic E-state index is 11.8. The number of amides is 2. The highest BCUT2D eigenvalue weighted by Crippen LogP contribution is 2.05. The second-order valence-corrected chi connectivity index (χ2v) is 4.24. The zero-order valence-corrected chi connectivity index (χ0v) is 10.6. The van der Waals surface area contributed by atoms with E-state index in [1.54, 1.807) is 24.3 Å². The van der Waals surface area contributed by atoms with Crippen LogP contribution in [0.15, 0.2) is 24.3 Å². The van der Waals surface area contributed by atoms with Gasteiger partial charge in [-0.15, -0.1) is 0 Å². The second kappa shape index (κ2) is 6.53. The van der Waals surface area contributed by atoms with Crippen LogP contribution in [0.2, 0.25) is 0 Å². The van der Waals surface area contributed by atoms with Gasteiger partial charge >= 0.3 is 5.97 Å². The summed E-state index contributed by atoms with van der Waals surface area (Å²) in [6.07, 6.45) is -0.118. The molecule has 19 heavy (non-hydrogen) atoms. The monoisotopic (exact) mass is 264 g/mol. The Morgan fingerprint density at radius 2 is 1.84 bits per heavy atom. The van der Waals surface area contributed by atoms with E-state index in [0.29, 0.717) is 5.56 Å². The molecule has 1 aromatic rings. The molecule has 1 aromatic carbocycles.